The molecule has 9 nitrogen and oxygen atoms in total. The van der Waals surface area contributed by atoms with Crippen LogP contribution in [0.5, 0.6) is 0 Å². The lowest BCUT2D eigenvalue weighted by molar-refractivity contribution is -0.384. The van der Waals surface area contributed by atoms with E-state index < -0.39 is 10.8 Å². The van der Waals surface area contributed by atoms with E-state index in [1.807, 2.05) is 4.90 Å². The highest BCUT2D eigenvalue weighted by Gasteiger charge is 2.22. The highest BCUT2D eigenvalue weighted by Crippen LogP contribution is 2.27. The first kappa shape index (κ1) is 20.3. The summed E-state index contributed by atoms with van der Waals surface area (Å²) in [5.41, 5.74) is 1.71. The van der Waals surface area contributed by atoms with E-state index in [0.29, 0.717) is 49.8 Å². The number of carbonyl (C=O) groups excluding carboxylic acids is 2. The van der Waals surface area contributed by atoms with Crippen molar-refractivity contribution in [3.05, 3.63) is 58.1 Å². The third-order valence-corrected chi connectivity index (χ3v) is 4.51. The molecule has 0 radical (unpaired) electrons. The smallest absolute Gasteiger partial charge is 0.270 e. The summed E-state index contributed by atoms with van der Waals surface area (Å²) in [4.78, 5) is 37.2. The van der Waals surface area contributed by atoms with Crippen LogP contribution in [0.4, 0.5) is 22.7 Å². The number of carbonyl (C=O) groups is 2. The maximum Gasteiger partial charge on any atom is 0.270 e. The van der Waals surface area contributed by atoms with Gasteiger partial charge in [-0.2, -0.15) is 0 Å². The van der Waals surface area contributed by atoms with Gasteiger partial charge >= 0.3 is 0 Å². The van der Waals surface area contributed by atoms with Crippen molar-refractivity contribution in [1.29, 1.82) is 0 Å². The monoisotopic (exact) mass is 398 g/mol. The highest BCUT2D eigenvalue weighted by molar-refractivity contribution is 6.09. The van der Waals surface area contributed by atoms with Crippen LogP contribution in [0, 0.1) is 10.1 Å². The first-order valence-electron chi connectivity index (χ1n) is 9.30. The number of non-ortho nitro benzene ring substituents is 1. The minimum atomic E-state index is -0.527. The molecule has 152 valence electrons. The molecular formula is C20H22N4O5. The Morgan fingerprint density at radius 1 is 1.10 bits per heavy atom. The van der Waals surface area contributed by atoms with Gasteiger partial charge in [-0.15, -0.1) is 0 Å². The van der Waals surface area contributed by atoms with Crippen molar-refractivity contribution in [2.75, 3.05) is 41.8 Å². The first-order valence-corrected chi connectivity index (χ1v) is 9.30. The molecule has 2 aromatic carbocycles. The molecule has 0 atom stereocenters. The molecule has 1 saturated heterocycles. The summed E-state index contributed by atoms with van der Waals surface area (Å²) >= 11 is 0. The second-order valence-electron chi connectivity index (χ2n) is 6.49. The Hall–Kier alpha value is -3.46. The quantitative estimate of drug-likeness (QED) is 0.571. The summed E-state index contributed by atoms with van der Waals surface area (Å²) in [6.45, 7) is 3.98. The molecule has 0 aliphatic carbocycles. The van der Waals surface area contributed by atoms with Gasteiger partial charge in [0.1, 0.15) is 0 Å². The summed E-state index contributed by atoms with van der Waals surface area (Å²) in [5, 5.41) is 16.7. The van der Waals surface area contributed by atoms with Crippen LogP contribution in [-0.4, -0.2) is 43.0 Å². The number of benzene rings is 2. The van der Waals surface area contributed by atoms with Crippen LogP contribution in [0.3, 0.4) is 0 Å². The third kappa shape index (κ3) is 5.08. The first-order chi connectivity index (χ1) is 14.0. The number of nitrogens with zero attached hydrogens (tertiary/aromatic N) is 2. The number of hydrogen-bond acceptors (Lipinski definition) is 6. The van der Waals surface area contributed by atoms with Crippen LogP contribution in [0.25, 0.3) is 0 Å². The van der Waals surface area contributed by atoms with Gasteiger partial charge in [0.25, 0.3) is 11.6 Å². The van der Waals surface area contributed by atoms with E-state index >= 15 is 0 Å². The van der Waals surface area contributed by atoms with Gasteiger partial charge in [0.15, 0.2) is 0 Å². The van der Waals surface area contributed by atoms with Crippen molar-refractivity contribution in [3.8, 4) is 0 Å². The predicted octanol–water partition coefficient (Wildman–Crippen LogP) is 3.03. The molecule has 9 heteroatoms. The number of ether oxygens (including phenoxy) is 1. The summed E-state index contributed by atoms with van der Waals surface area (Å²) < 4.78 is 5.35. The maximum absolute atomic E-state index is 13.0. The fourth-order valence-corrected chi connectivity index (χ4v) is 3.02. The number of nitro benzene ring substituents is 1. The topological polar surface area (TPSA) is 114 Å². The molecule has 1 aliphatic rings. The lowest BCUT2D eigenvalue weighted by Crippen LogP contribution is -2.37. The Morgan fingerprint density at radius 3 is 2.45 bits per heavy atom. The zero-order chi connectivity index (χ0) is 20.8. The molecule has 3 rings (SSSR count). The van der Waals surface area contributed by atoms with Crippen molar-refractivity contribution < 1.29 is 19.2 Å². The molecule has 2 aromatic rings. The number of nitro groups is 1. The zero-order valence-electron chi connectivity index (χ0n) is 16.0. The summed E-state index contributed by atoms with van der Waals surface area (Å²) in [6, 6.07) is 11.0. The normalized spacial score (nSPS) is 13.6. The Balaban J connectivity index is 1.87. The zero-order valence-corrected chi connectivity index (χ0v) is 16.0. The van der Waals surface area contributed by atoms with Gasteiger partial charge in [0, 0.05) is 43.0 Å². The fourth-order valence-electron chi connectivity index (χ4n) is 3.02. The molecule has 1 aliphatic heterocycles. The Bertz CT molecular complexity index is 925. The molecule has 1 fully saturated rings. The van der Waals surface area contributed by atoms with E-state index in [4.69, 9.17) is 4.74 Å². The molecule has 29 heavy (non-hydrogen) atoms. The Morgan fingerprint density at radius 2 is 1.79 bits per heavy atom. The van der Waals surface area contributed by atoms with E-state index in [-0.39, 0.29) is 17.2 Å². The summed E-state index contributed by atoms with van der Waals surface area (Å²) in [6.07, 6.45) is 0.340. The summed E-state index contributed by atoms with van der Waals surface area (Å²) in [7, 11) is 0. The van der Waals surface area contributed by atoms with Crippen LogP contribution in [0.2, 0.25) is 0 Å². The number of nitrogens with one attached hydrogen (secondary N) is 2. The number of morpholine rings is 1. The van der Waals surface area contributed by atoms with Gasteiger partial charge < -0.3 is 20.3 Å². The average molecular weight is 398 g/mol. The van der Waals surface area contributed by atoms with Crippen molar-refractivity contribution in [1.82, 2.24) is 0 Å². The van der Waals surface area contributed by atoms with Crippen LogP contribution >= 0.6 is 0 Å². The number of amides is 2. The molecule has 0 bridgehead atoms. The standard InChI is InChI=1S/C20H22N4O5/c1-2-19(25)21-14-4-3-5-15(12-14)22-20(26)17-13-16(24(27)28)6-7-18(17)23-8-10-29-11-9-23/h3-7,12-13H,2,8-11H2,1H3,(H,21,25)(H,22,26). The van der Waals surface area contributed by atoms with Crippen LogP contribution < -0.4 is 15.5 Å². The van der Waals surface area contributed by atoms with E-state index in [2.05, 4.69) is 10.6 Å². The van der Waals surface area contributed by atoms with Gasteiger partial charge in [-0.25, -0.2) is 0 Å². The van der Waals surface area contributed by atoms with E-state index in [0.717, 1.165) is 0 Å². The largest absolute Gasteiger partial charge is 0.378 e. The number of anilines is 3. The molecule has 2 N–H and O–H groups in total. The van der Waals surface area contributed by atoms with Crippen molar-refractivity contribution in [3.63, 3.8) is 0 Å². The Labute approximate surface area is 167 Å². The minimum Gasteiger partial charge on any atom is -0.378 e. The maximum atomic E-state index is 13.0. The van der Waals surface area contributed by atoms with E-state index in [1.54, 1.807) is 37.3 Å². The average Bonchev–Trinajstić information content (AvgIpc) is 2.74. The number of hydrogen-bond donors (Lipinski definition) is 2. The van der Waals surface area contributed by atoms with Gasteiger partial charge in [-0.3, -0.25) is 19.7 Å². The highest BCUT2D eigenvalue weighted by atomic mass is 16.6. The molecule has 0 aromatic heterocycles. The molecular weight excluding hydrogens is 376 g/mol. The SMILES string of the molecule is CCC(=O)Nc1cccc(NC(=O)c2cc([N+](=O)[O-])ccc2N2CCOCC2)c1. The summed E-state index contributed by atoms with van der Waals surface area (Å²) in [5.74, 6) is -0.601. The third-order valence-electron chi connectivity index (χ3n) is 4.51. The van der Waals surface area contributed by atoms with Crippen LogP contribution in [0.1, 0.15) is 23.7 Å². The van der Waals surface area contributed by atoms with Crippen LogP contribution in [-0.2, 0) is 9.53 Å². The molecule has 0 spiro atoms. The Kier molecular flexibility index (Phi) is 6.40. The van der Waals surface area contributed by atoms with Gasteiger partial charge in [-0.1, -0.05) is 13.0 Å². The van der Waals surface area contributed by atoms with Gasteiger partial charge in [0.05, 0.1) is 29.4 Å². The molecule has 0 saturated carbocycles. The van der Waals surface area contributed by atoms with E-state index in [1.165, 1.54) is 12.1 Å². The lowest BCUT2D eigenvalue weighted by Gasteiger charge is -2.30. The second-order valence-corrected chi connectivity index (χ2v) is 6.49. The van der Waals surface area contributed by atoms with Gasteiger partial charge in [0.2, 0.25) is 5.91 Å². The predicted molar refractivity (Wildman–Crippen MR) is 109 cm³/mol. The van der Waals surface area contributed by atoms with Crippen molar-refractivity contribution in [2.24, 2.45) is 0 Å². The number of rotatable bonds is 6. The van der Waals surface area contributed by atoms with E-state index in [9.17, 15) is 19.7 Å². The van der Waals surface area contributed by atoms with Crippen molar-refractivity contribution in [2.45, 2.75) is 13.3 Å². The van der Waals surface area contributed by atoms with Crippen LogP contribution in [0.15, 0.2) is 42.5 Å². The molecule has 2 amide bonds. The minimum absolute atomic E-state index is 0.137. The van der Waals surface area contributed by atoms with Crippen molar-refractivity contribution >= 4 is 34.6 Å². The van der Waals surface area contributed by atoms with Gasteiger partial charge in [-0.05, 0) is 24.3 Å². The lowest BCUT2D eigenvalue weighted by atomic mass is 10.1. The fraction of sp³-hybridized carbons (Fsp3) is 0.300. The molecule has 1 heterocycles. The molecule has 0 unspecified atom stereocenters. The second kappa shape index (κ2) is 9.16.